The predicted octanol–water partition coefficient (Wildman–Crippen LogP) is 20.6. The number of aldehydes is 2. The van der Waals surface area contributed by atoms with Crippen molar-refractivity contribution in [1.82, 2.24) is 0 Å². The van der Waals surface area contributed by atoms with Crippen LogP contribution in [-0.4, -0.2) is 241 Å². The van der Waals surface area contributed by atoms with Crippen LogP contribution in [0.4, 0.5) is 0 Å². The van der Waals surface area contributed by atoms with Crippen molar-refractivity contribution in [3.05, 3.63) is 143 Å². The number of alkyl halides is 2. The zero-order chi connectivity index (χ0) is 91.1. The molecule has 30 nitrogen and oxygen atoms in total. The van der Waals surface area contributed by atoms with Gasteiger partial charge in [0.25, 0.3) is 5.97 Å². The van der Waals surface area contributed by atoms with Crippen molar-refractivity contribution in [2.75, 3.05) is 180 Å². The molecule has 0 heterocycles. The molecule has 690 valence electrons. The monoisotopic (exact) mass is 1820 g/mol. The maximum absolute atomic E-state index is 12.2. The zero-order valence-electron chi connectivity index (χ0n) is 74.7. The van der Waals surface area contributed by atoms with Crippen LogP contribution in [0.3, 0.4) is 0 Å². The Balaban J connectivity index is -0.000000142. The van der Waals surface area contributed by atoms with Crippen LogP contribution in [0.1, 0.15) is 139 Å². The Morgan fingerprint density at radius 1 is 0.316 bits per heavy atom. The van der Waals surface area contributed by atoms with Crippen LogP contribution in [0.15, 0.2) is 143 Å². The summed E-state index contributed by atoms with van der Waals surface area (Å²) in [4.78, 5) is 39.6. The Kier molecular flexibility index (Phi) is 110. The van der Waals surface area contributed by atoms with Gasteiger partial charge in [0.2, 0.25) is 6.29 Å². The molecule has 0 spiro atoms. The van der Waals surface area contributed by atoms with E-state index >= 15 is 0 Å². The molecule has 0 atom stereocenters. The summed E-state index contributed by atoms with van der Waals surface area (Å²) in [5, 5.41) is 7.42. The maximum atomic E-state index is 12.2. The minimum absolute atomic E-state index is 0. The number of ether oxygens (including phenoxy) is 10. The van der Waals surface area contributed by atoms with Crippen LogP contribution in [0.25, 0.3) is 0 Å². The molecule has 0 bridgehead atoms. The highest BCUT2D eigenvalue weighted by Gasteiger charge is 2.26. The van der Waals surface area contributed by atoms with Crippen molar-refractivity contribution >= 4 is 86.5 Å². The molecule has 117 heavy (non-hydrogen) atoms. The number of allylic oxidation sites excluding steroid dienone is 20. The first-order chi connectivity index (χ1) is 55.0. The molecular weight excluding hydrogens is 1670 g/mol. The molecule has 0 aromatic heterocycles. The molecule has 37 heteroatoms. The lowest BCUT2D eigenvalue weighted by atomic mass is 10.2. The van der Waals surface area contributed by atoms with E-state index in [-0.39, 0.29) is 63.0 Å². The molecule has 0 amide bonds. The Bertz CT molecular complexity index is 2580. The number of Topliss-reactive ketones (excluding diaryl/α,β-unsaturated/α-hetero) is 1. The van der Waals surface area contributed by atoms with Crippen molar-refractivity contribution in [2.45, 2.75) is 170 Å². The summed E-state index contributed by atoms with van der Waals surface area (Å²) in [7, 11) is 2.33. The van der Waals surface area contributed by atoms with Gasteiger partial charge in [0.05, 0.1) is 97.3 Å². The number of carbonyl (C=O) groups is 4. The third kappa shape index (κ3) is 90.0. The Morgan fingerprint density at radius 2 is 0.487 bits per heavy atom. The zero-order valence-corrected chi connectivity index (χ0v) is 80.7. The van der Waals surface area contributed by atoms with Crippen LogP contribution >= 0.6 is 62.2 Å². The SMILES string of the molecule is C.CC(=O)O.CCOP(=O)(C/C=C/CP(=O)(OCC)OCC)OCC.CCOP(=O)(C/C=C/CP(=O)(OCC)OCC)OCC.CCOP(OCC)OCC.COC(OC)/C(C)=C/C=C/C=C(\C)C(OC)OC.COC(OC)C(C)=C/C=C/C=C(C)C(OC)OC.COC(OC)C(C)=O.C\C(C=O)=C/C=C/C=C(\C)C=O.ClC/C=C/CCl. The fraction of sp³-hybridized carbons (Fsp3) is 0.650. The average molecular weight is 1820 g/mol. The lowest BCUT2D eigenvalue weighted by Gasteiger charge is -2.16. The molecule has 0 saturated heterocycles. The molecule has 0 unspecified atom stereocenters. The van der Waals surface area contributed by atoms with Gasteiger partial charge in [-0.25, -0.2) is 0 Å². The Morgan fingerprint density at radius 3 is 0.607 bits per heavy atom. The van der Waals surface area contributed by atoms with Crippen LogP contribution in [0, 0.1) is 0 Å². The molecule has 1 N–H and O–H groups in total. The van der Waals surface area contributed by atoms with Crippen molar-refractivity contribution in [3.63, 3.8) is 0 Å². The van der Waals surface area contributed by atoms with Gasteiger partial charge in [-0.15, -0.1) is 23.2 Å². The van der Waals surface area contributed by atoms with Crippen molar-refractivity contribution in [3.8, 4) is 0 Å². The van der Waals surface area contributed by atoms with E-state index in [1.807, 2.05) is 109 Å². The second kappa shape index (κ2) is 96.3. The Hall–Kier alpha value is -3.55. The predicted molar refractivity (Wildman–Crippen MR) is 475 cm³/mol. The third-order valence-corrected chi connectivity index (χ3v) is 21.7. The van der Waals surface area contributed by atoms with E-state index in [0.29, 0.717) is 95.6 Å². The van der Waals surface area contributed by atoms with Crippen LogP contribution in [0.5, 0.6) is 0 Å². The number of halogens is 2. The van der Waals surface area contributed by atoms with Crippen molar-refractivity contribution < 1.29 is 140 Å². The van der Waals surface area contributed by atoms with Gasteiger partial charge in [-0.2, -0.15) is 0 Å². The molecule has 0 aliphatic heterocycles. The number of carboxylic acids is 1. The number of methoxy groups -OCH3 is 10. The second-order valence-corrected chi connectivity index (χ2v) is 32.0. The highest BCUT2D eigenvalue weighted by molar-refractivity contribution is 7.55. The standard InChI is InChI=1S/2C14H24O4.2C12H26O6P2.C10H12O2.C6H15O3P.C5H10O3.C4H6Cl2.C2H4O2.CH4/c2*1-11(13(15-3)16-4)9-7-8-10-12(2)14(17-5)18-6;2*1-5-15-19(13,16-6-2)11-9-10-12-20(14,17-7-3)18-8-4;1-9(7-11)5-3-4-6-10(2)8-12;1-4-7-10(8-5-2)9-6-3;1-4(6)5(7-2)8-3;5-3-1-2-4-6;1-2(3)4;/h2*7-10,13-14H,1-6H3;2*9-10H,5-8,11-12H2,1-4H3;3-8H,1-2H3;4-6H2,1-3H3;5H,1-3H3;1-2H,3-4H2;1H3,(H,3,4);1H4/b8-7+,11-9?,12-10?;8-7+,11-9+,12-10+;2*10-9+;4-3+,9-5+,10-6+;;;2-1+;;. The van der Waals surface area contributed by atoms with E-state index in [9.17, 15) is 32.6 Å². The molecule has 0 rings (SSSR count). The minimum atomic E-state index is -3.09. The normalized spacial score (nSPS) is 12.6. The number of hydrogen-bond donors (Lipinski definition) is 1. The minimum Gasteiger partial charge on any atom is -0.481 e. The van der Waals surface area contributed by atoms with Crippen LogP contribution < -0.4 is 0 Å². The highest BCUT2D eigenvalue weighted by atomic mass is 35.5. The molecule has 0 aromatic rings. The highest BCUT2D eigenvalue weighted by Crippen LogP contribution is 2.51. The topological polar surface area (TPSA) is 351 Å². The van der Waals surface area contributed by atoms with Gasteiger partial charge < -0.3 is 102 Å². The summed E-state index contributed by atoms with van der Waals surface area (Å²) < 4.78 is 155. The summed E-state index contributed by atoms with van der Waals surface area (Å²) in [6.07, 6.45) is 32.7. The fourth-order valence-electron chi connectivity index (χ4n) is 7.45. The summed E-state index contributed by atoms with van der Waals surface area (Å²) in [5.74, 6) is 0.175. The molecule has 0 aromatic carbocycles. The van der Waals surface area contributed by atoms with Crippen LogP contribution in [-0.2, 0) is 135 Å². The van der Waals surface area contributed by atoms with E-state index in [1.165, 1.54) is 21.1 Å². The van der Waals surface area contributed by atoms with Gasteiger partial charge >= 0.3 is 39.0 Å². The van der Waals surface area contributed by atoms with E-state index in [2.05, 4.69) is 9.47 Å². The smallest absolute Gasteiger partial charge is 0.334 e. The van der Waals surface area contributed by atoms with E-state index in [0.717, 1.165) is 41.8 Å². The molecule has 0 aliphatic rings. The summed E-state index contributed by atoms with van der Waals surface area (Å²) >= 11 is 10.5. The van der Waals surface area contributed by atoms with Gasteiger partial charge in [0, 0.05) is 89.8 Å². The molecule has 0 saturated carbocycles. The largest absolute Gasteiger partial charge is 0.481 e. The first kappa shape index (κ1) is 134. The quantitative estimate of drug-likeness (QED) is 0.0112. The summed E-state index contributed by atoms with van der Waals surface area (Å²) in [6, 6.07) is 0. The second-order valence-electron chi connectivity index (χ2n) is 21.7. The van der Waals surface area contributed by atoms with E-state index < -0.39 is 51.2 Å². The van der Waals surface area contributed by atoms with Crippen LogP contribution in [0.2, 0.25) is 0 Å². The van der Waals surface area contributed by atoms with Gasteiger partial charge in [0.1, 0.15) is 12.6 Å². The van der Waals surface area contributed by atoms with Crippen molar-refractivity contribution in [2.24, 2.45) is 0 Å². The van der Waals surface area contributed by atoms with Gasteiger partial charge in [0.15, 0.2) is 30.9 Å². The van der Waals surface area contributed by atoms with Gasteiger partial charge in [-0.3, -0.25) is 37.4 Å². The average Bonchev–Trinajstić information content (AvgIpc) is 0.895. The summed E-state index contributed by atoms with van der Waals surface area (Å²) in [5.41, 5.74) is 5.30. The van der Waals surface area contributed by atoms with Gasteiger partial charge in [-0.1, -0.05) is 117 Å². The third-order valence-electron chi connectivity index (χ3n) is 12.1. The first-order valence-corrected chi connectivity index (χ1v) is 46.3. The number of ketones is 1. The van der Waals surface area contributed by atoms with Gasteiger partial charge in [-0.05, 0) is 158 Å². The number of rotatable bonds is 55. The van der Waals surface area contributed by atoms with Crippen molar-refractivity contribution in [1.29, 1.82) is 0 Å². The lowest BCUT2D eigenvalue weighted by Crippen LogP contribution is -2.21. The lowest BCUT2D eigenvalue weighted by molar-refractivity contribution is -0.154. The van der Waals surface area contributed by atoms with E-state index in [4.69, 9.17) is 121 Å². The number of carboxylic acid groups (broad SMARTS) is 1. The molecular formula is C80H151Cl2O30P5. The summed E-state index contributed by atoms with van der Waals surface area (Å²) in [6.45, 7) is 38.1. The number of hydrogen-bond acceptors (Lipinski definition) is 29. The fourth-order valence-corrected chi connectivity index (χ4v) is 14.5. The number of aliphatic carboxylic acids is 1. The molecule has 0 aliphatic carbocycles. The molecule has 0 radical (unpaired) electrons. The molecule has 0 fully saturated rings. The van der Waals surface area contributed by atoms with E-state index in [1.54, 1.807) is 175 Å². The Labute approximate surface area is 715 Å². The maximum Gasteiger partial charge on any atom is 0.334 e. The number of carbonyl (C=O) groups excluding carboxylic acids is 3. The first-order valence-electron chi connectivity index (χ1n) is 37.2.